The van der Waals surface area contributed by atoms with Crippen molar-refractivity contribution in [3.63, 3.8) is 0 Å². The summed E-state index contributed by atoms with van der Waals surface area (Å²) in [7, 11) is 0. The molecule has 1 aromatic carbocycles. The molecule has 4 rings (SSSR count). The van der Waals surface area contributed by atoms with Gasteiger partial charge in [0.2, 0.25) is 11.9 Å². The smallest absolute Gasteiger partial charge is 0.250 e. The monoisotopic (exact) mass is 354 g/mol. The van der Waals surface area contributed by atoms with E-state index in [1.54, 1.807) is 16.0 Å². The third-order valence-corrected chi connectivity index (χ3v) is 5.04. The SMILES string of the molecule is O=C(Cc1ccsc1)N1CCN(c2nnnn2-c2ccccc2)CC1. The van der Waals surface area contributed by atoms with E-state index in [-0.39, 0.29) is 5.91 Å². The lowest BCUT2D eigenvalue weighted by molar-refractivity contribution is -0.130. The van der Waals surface area contributed by atoms with E-state index in [2.05, 4.69) is 20.4 Å². The Balaban J connectivity index is 1.41. The lowest BCUT2D eigenvalue weighted by atomic mass is 10.2. The number of carbonyl (C=O) groups excluding carboxylic acids is 1. The van der Waals surface area contributed by atoms with Crippen molar-refractivity contribution in [3.05, 3.63) is 52.7 Å². The molecule has 0 atom stereocenters. The van der Waals surface area contributed by atoms with Crippen molar-refractivity contribution in [1.29, 1.82) is 0 Å². The number of benzene rings is 1. The van der Waals surface area contributed by atoms with Gasteiger partial charge in [-0.1, -0.05) is 23.3 Å². The molecule has 1 saturated heterocycles. The van der Waals surface area contributed by atoms with Gasteiger partial charge in [0.05, 0.1) is 12.1 Å². The van der Waals surface area contributed by atoms with Crippen LogP contribution in [0.5, 0.6) is 0 Å². The summed E-state index contributed by atoms with van der Waals surface area (Å²) in [5.41, 5.74) is 2.02. The number of nitrogens with zero attached hydrogens (tertiary/aromatic N) is 6. The summed E-state index contributed by atoms with van der Waals surface area (Å²) in [5.74, 6) is 0.900. The van der Waals surface area contributed by atoms with Crippen LogP contribution in [-0.4, -0.2) is 57.2 Å². The fraction of sp³-hybridized carbons (Fsp3) is 0.294. The molecule has 3 aromatic rings. The summed E-state index contributed by atoms with van der Waals surface area (Å²) in [6.45, 7) is 2.82. The van der Waals surface area contributed by atoms with Crippen LogP contribution < -0.4 is 4.90 Å². The van der Waals surface area contributed by atoms with E-state index in [1.807, 2.05) is 52.1 Å². The lowest BCUT2D eigenvalue weighted by Crippen LogP contribution is -2.49. The van der Waals surface area contributed by atoms with Crippen molar-refractivity contribution in [2.24, 2.45) is 0 Å². The van der Waals surface area contributed by atoms with Gasteiger partial charge in [0.25, 0.3) is 0 Å². The van der Waals surface area contributed by atoms with Gasteiger partial charge in [-0.2, -0.15) is 16.0 Å². The van der Waals surface area contributed by atoms with Crippen molar-refractivity contribution in [3.8, 4) is 5.69 Å². The summed E-state index contributed by atoms with van der Waals surface area (Å²) in [4.78, 5) is 16.5. The third kappa shape index (κ3) is 3.39. The number of hydrogen-bond donors (Lipinski definition) is 0. The molecule has 0 spiro atoms. The zero-order valence-electron chi connectivity index (χ0n) is 13.7. The van der Waals surface area contributed by atoms with Gasteiger partial charge in [-0.3, -0.25) is 4.79 Å². The van der Waals surface area contributed by atoms with Gasteiger partial charge in [0, 0.05) is 26.2 Å². The highest BCUT2D eigenvalue weighted by Crippen LogP contribution is 2.17. The van der Waals surface area contributed by atoms with Crippen molar-refractivity contribution in [1.82, 2.24) is 25.1 Å². The van der Waals surface area contributed by atoms with Crippen LogP contribution in [-0.2, 0) is 11.2 Å². The minimum Gasteiger partial charge on any atom is -0.339 e. The molecule has 8 heteroatoms. The number of aromatic nitrogens is 4. The van der Waals surface area contributed by atoms with Gasteiger partial charge in [-0.25, -0.2) is 0 Å². The molecule has 1 aliphatic heterocycles. The van der Waals surface area contributed by atoms with Crippen molar-refractivity contribution >= 4 is 23.2 Å². The van der Waals surface area contributed by atoms with Gasteiger partial charge in [-0.05, 0) is 44.9 Å². The predicted molar refractivity (Wildman–Crippen MR) is 96.0 cm³/mol. The number of piperazine rings is 1. The Morgan fingerprint density at radius 3 is 2.60 bits per heavy atom. The van der Waals surface area contributed by atoms with E-state index in [4.69, 9.17) is 0 Å². The lowest BCUT2D eigenvalue weighted by Gasteiger charge is -2.34. The van der Waals surface area contributed by atoms with Gasteiger partial charge in [0.15, 0.2) is 0 Å². The molecule has 2 aromatic heterocycles. The van der Waals surface area contributed by atoms with Gasteiger partial charge in [-0.15, -0.1) is 0 Å². The van der Waals surface area contributed by atoms with E-state index < -0.39 is 0 Å². The average Bonchev–Trinajstić information content (AvgIpc) is 3.34. The van der Waals surface area contributed by atoms with Crippen LogP contribution in [0.4, 0.5) is 5.95 Å². The van der Waals surface area contributed by atoms with Gasteiger partial charge >= 0.3 is 0 Å². The van der Waals surface area contributed by atoms with Gasteiger partial charge in [0.1, 0.15) is 0 Å². The molecule has 25 heavy (non-hydrogen) atoms. The Hall–Kier alpha value is -2.74. The normalized spacial score (nSPS) is 14.7. The number of tetrazole rings is 1. The number of thiophene rings is 1. The minimum atomic E-state index is 0.181. The van der Waals surface area contributed by atoms with E-state index in [9.17, 15) is 4.79 Å². The molecule has 3 heterocycles. The van der Waals surface area contributed by atoms with Crippen LogP contribution in [0.2, 0.25) is 0 Å². The van der Waals surface area contributed by atoms with Crippen molar-refractivity contribution in [2.75, 3.05) is 31.1 Å². The highest BCUT2D eigenvalue weighted by Gasteiger charge is 2.24. The maximum absolute atomic E-state index is 12.4. The first-order valence-electron chi connectivity index (χ1n) is 8.19. The average molecular weight is 354 g/mol. The highest BCUT2D eigenvalue weighted by molar-refractivity contribution is 7.08. The van der Waals surface area contributed by atoms with E-state index in [0.29, 0.717) is 19.5 Å². The largest absolute Gasteiger partial charge is 0.339 e. The minimum absolute atomic E-state index is 0.181. The highest BCUT2D eigenvalue weighted by atomic mass is 32.1. The number of hydrogen-bond acceptors (Lipinski definition) is 6. The second-order valence-electron chi connectivity index (χ2n) is 5.90. The van der Waals surface area contributed by atoms with Crippen molar-refractivity contribution in [2.45, 2.75) is 6.42 Å². The standard InChI is InChI=1S/C17H18N6OS/c24-16(12-14-6-11-25-13-14)21-7-9-22(10-8-21)17-18-19-20-23(17)15-4-2-1-3-5-15/h1-6,11,13H,7-10,12H2. The summed E-state index contributed by atoms with van der Waals surface area (Å²) in [6, 6.07) is 11.8. The summed E-state index contributed by atoms with van der Waals surface area (Å²) in [5, 5.41) is 16.1. The zero-order valence-corrected chi connectivity index (χ0v) is 14.5. The van der Waals surface area contributed by atoms with Crippen LogP contribution in [0.15, 0.2) is 47.2 Å². The topological polar surface area (TPSA) is 67.2 Å². The molecular weight excluding hydrogens is 336 g/mol. The maximum atomic E-state index is 12.4. The van der Waals surface area contributed by atoms with Crippen LogP contribution in [0, 0.1) is 0 Å². The van der Waals surface area contributed by atoms with Crippen molar-refractivity contribution < 1.29 is 4.79 Å². The fourth-order valence-electron chi connectivity index (χ4n) is 2.95. The number of amides is 1. The molecule has 1 aliphatic rings. The molecule has 0 radical (unpaired) electrons. The first kappa shape index (κ1) is 15.8. The predicted octanol–water partition coefficient (Wildman–Crippen LogP) is 1.62. The summed E-state index contributed by atoms with van der Waals surface area (Å²) in [6.07, 6.45) is 0.477. The second kappa shape index (κ2) is 7.02. The Morgan fingerprint density at radius 2 is 1.88 bits per heavy atom. The number of anilines is 1. The Kier molecular flexibility index (Phi) is 4.43. The first-order valence-corrected chi connectivity index (χ1v) is 9.13. The molecule has 128 valence electrons. The zero-order chi connectivity index (χ0) is 17.1. The Bertz CT molecular complexity index is 824. The second-order valence-corrected chi connectivity index (χ2v) is 6.68. The van der Waals surface area contributed by atoms with Crippen LogP contribution >= 0.6 is 11.3 Å². The van der Waals surface area contributed by atoms with E-state index in [1.165, 1.54) is 0 Å². The molecule has 0 bridgehead atoms. The quantitative estimate of drug-likeness (QED) is 0.712. The Labute approximate surface area is 149 Å². The molecule has 1 amide bonds. The van der Waals surface area contributed by atoms with Crippen LogP contribution in [0.25, 0.3) is 5.69 Å². The van der Waals surface area contributed by atoms with Crippen LogP contribution in [0.1, 0.15) is 5.56 Å². The number of carbonyl (C=O) groups is 1. The molecule has 7 nitrogen and oxygen atoms in total. The Morgan fingerprint density at radius 1 is 1.08 bits per heavy atom. The van der Waals surface area contributed by atoms with E-state index in [0.717, 1.165) is 30.3 Å². The van der Waals surface area contributed by atoms with Gasteiger partial charge < -0.3 is 9.80 Å². The molecule has 0 aliphatic carbocycles. The number of para-hydroxylation sites is 1. The summed E-state index contributed by atoms with van der Waals surface area (Å²) >= 11 is 1.62. The van der Waals surface area contributed by atoms with E-state index >= 15 is 0 Å². The number of rotatable bonds is 4. The first-order chi connectivity index (χ1) is 12.3. The molecular formula is C17H18N6OS. The molecule has 1 fully saturated rings. The molecule has 0 saturated carbocycles. The third-order valence-electron chi connectivity index (χ3n) is 4.30. The molecule has 0 N–H and O–H groups in total. The molecule has 0 unspecified atom stereocenters. The maximum Gasteiger partial charge on any atom is 0.250 e. The summed E-state index contributed by atoms with van der Waals surface area (Å²) < 4.78 is 1.74. The van der Waals surface area contributed by atoms with Crippen LogP contribution in [0.3, 0.4) is 0 Å². The fourth-order valence-corrected chi connectivity index (χ4v) is 3.62.